The molecule has 0 bridgehead atoms. The number of rotatable bonds is 4. The van der Waals surface area contributed by atoms with Crippen molar-refractivity contribution in [1.82, 2.24) is 25.3 Å². The summed E-state index contributed by atoms with van der Waals surface area (Å²) in [4.78, 5) is 31.6. The topological polar surface area (TPSA) is 91.6 Å². The zero-order chi connectivity index (χ0) is 18.1. The van der Waals surface area contributed by atoms with Gasteiger partial charge in [-0.3, -0.25) is 19.4 Å². The van der Waals surface area contributed by atoms with Crippen LogP contribution in [0.3, 0.4) is 0 Å². The molecule has 0 radical (unpaired) electrons. The molecular formula is C17H20ClN5O3S. The molecule has 2 aliphatic heterocycles. The Labute approximate surface area is 167 Å². The number of benzene rings is 1. The lowest BCUT2D eigenvalue weighted by atomic mass is 10.1. The number of imide groups is 1. The monoisotopic (exact) mass is 409 g/mol. The summed E-state index contributed by atoms with van der Waals surface area (Å²) in [5.74, 6) is 1.16. The first-order valence-electron chi connectivity index (χ1n) is 8.43. The van der Waals surface area contributed by atoms with Crippen molar-refractivity contribution in [2.75, 3.05) is 32.4 Å². The van der Waals surface area contributed by atoms with Gasteiger partial charge in [0.1, 0.15) is 0 Å². The number of piperazine rings is 1. The molecule has 1 aromatic carbocycles. The molecule has 2 fully saturated rings. The smallest absolute Gasteiger partial charge is 0.289 e. The molecule has 0 saturated carbocycles. The number of nitrogens with zero attached hydrogens (tertiary/aromatic N) is 4. The average Bonchev–Trinajstić information content (AvgIpc) is 3.25. The first-order valence-corrected chi connectivity index (χ1v) is 9.41. The van der Waals surface area contributed by atoms with Crippen LogP contribution in [0, 0.1) is 0 Å². The summed E-state index contributed by atoms with van der Waals surface area (Å²) in [5, 5.41) is 7.27. The van der Waals surface area contributed by atoms with Crippen LogP contribution >= 0.6 is 24.2 Å². The third-order valence-electron chi connectivity index (χ3n) is 4.61. The summed E-state index contributed by atoms with van der Waals surface area (Å²) < 4.78 is 5.45. The predicted molar refractivity (Wildman–Crippen MR) is 104 cm³/mol. The Balaban J connectivity index is 0.00000210. The number of aromatic nitrogens is 2. The second-order valence-electron chi connectivity index (χ2n) is 6.39. The molecule has 8 nitrogen and oxygen atoms in total. The minimum absolute atomic E-state index is 0. The Morgan fingerprint density at radius 2 is 2.22 bits per heavy atom. The van der Waals surface area contributed by atoms with Crippen LogP contribution < -0.4 is 5.32 Å². The second kappa shape index (κ2) is 8.39. The molecule has 1 N–H and O–H groups in total. The number of thioether (sulfide) groups is 1. The zero-order valence-electron chi connectivity index (χ0n) is 14.8. The van der Waals surface area contributed by atoms with Crippen molar-refractivity contribution in [3.63, 3.8) is 0 Å². The molecule has 0 aliphatic carbocycles. The lowest BCUT2D eigenvalue weighted by Gasteiger charge is -2.30. The fraction of sp³-hybridized carbons (Fsp3) is 0.412. The Hall–Kier alpha value is -1.94. The quantitative estimate of drug-likeness (QED) is 0.819. The van der Waals surface area contributed by atoms with Gasteiger partial charge in [-0.15, -0.1) is 12.4 Å². The van der Waals surface area contributed by atoms with E-state index in [-0.39, 0.29) is 41.9 Å². The van der Waals surface area contributed by atoms with Crippen LogP contribution in [0.2, 0.25) is 0 Å². The molecule has 3 heterocycles. The highest BCUT2D eigenvalue weighted by Crippen LogP contribution is 2.25. The normalized spacial score (nSPS) is 20.8. The Bertz CT molecular complexity index is 829. The number of nitrogens with one attached hydrogen (secondary N) is 1. The molecule has 27 heavy (non-hydrogen) atoms. The van der Waals surface area contributed by atoms with Crippen LogP contribution in [0.25, 0.3) is 11.5 Å². The van der Waals surface area contributed by atoms with E-state index in [1.54, 1.807) is 0 Å². The highest BCUT2D eigenvalue weighted by molar-refractivity contribution is 8.14. The van der Waals surface area contributed by atoms with E-state index in [4.69, 9.17) is 4.52 Å². The summed E-state index contributed by atoms with van der Waals surface area (Å²) >= 11 is 1.04. The van der Waals surface area contributed by atoms with Crippen molar-refractivity contribution >= 4 is 35.3 Å². The highest BCUT2D eigenvalue weighted by atomic mass is 35.5. The van der Waals surface area contributed by atoms with Gasteiger partial charge >= 0.3 is 0 Å². The highest BCUT2D eigenvalue weighted by Gasteiger charge is 2.30. The first-order chi connectivity index (χ1) is 12.6. The van der Waals surface area contributed by atoms with Crippen molar-refractivity contribution in [1.29, 1.82) is 0 Å². The van der Waals surface area contributed by atoms with Crippen LogP contribution in [0.15, 0.2) is 28.8 Å². The molecule has 2 amide bonds. The molecule has 2 aromatic rings. The average molecular weight is 410 g/mol. The molecule has 2 saturated heterocycles. The minimum Gasteiger partial charge on any atom is -0.334 e. The van der Waals surface area contributed by atoms with Gasteiger partial charge in [0.05, 0.1) is 18.3 Å². The van der Waals surface area contributed by atoms with Crippen LogP contribution in [0.4, 0.5) is 4.79 Å². The van der Waals surface area contributed by atoms with Crippen molar-refractivity contribution in [2.45, 2.75) is 12.6 Å². The summed E-state index contributed by atoms with van der Waals surface area (Å²) in [6, 6.07) is 7.58. The van der Waals surface area contributed by atoms with Crippen molar-refractivity contribution in [3.05, 3.63) is 35.7 Å². The van der Waals surface area contributed by atoms with Gasteiger partial charge in [-0.2, -0.15) is 4.98 Å². The van der Waals surface area contributed by atoms with Crippen LogP contribution in [-0.4, -0.2) is 63.5 Å². The van der Waals surface area contributed by atoms with E-state index in [2.05, 4.69) is 20.4 Å². The van der Waals surface area contributed by atoms with E-state index in [9.17, 15) is 9.59 Å². The third-order valence-corrected chi connectivity index (χ3v) is 5.46. The van der Waals surface area contributed by atoms with Gasteiger partial charge in [0.15, 0.2) is 5.82 Å². The summed E-state index contributed by atoms with van der Waals surface area (Å²) in [7, 11) is 2.05. The van der Waals surface area contributed by atoms with Gasteiger partial charge in [-0.05, 0) is 24.7 Å². The van der Waals surface area contributed by atoms with Gasteiger partial charge in [0.2, 0.25) is 5.91 Å². The van der Waals surface area contributed by atoms with Gasteiger partial charge < -0.3 is 9.84 Å². The third kappa shape index (κ3) is 4.16. The Morgan fingerprint density at radius 1 is 1.37 bits per heavy atom. The van der Waals surface area contributed by atoms with E-state index in [0.717, 1.165) is 42.5 Å². The maximum Gasteiger partial charge on any atom is 0.289 e. The Morgan fingerprint density at radius 3 is 2.96 bits per heavy atom. The number of likely N-dealkylation sites (N-methyl/N-ethyl adjacent to an activating group) is 1. The van der Waals surface area contributed by atoms with E-state index >= 15 is 0 Å². The minimum atomic E-state index is -0.201. The van der Waals surface area contributed by atoms with Crippen molar-refractivity contribution < 1.29 is 14.1 Å². The largest absolute Gasteiger partial charge is 0.334 e. The maximum absolute atomic E-state index is 11.8. The number of hydrogen-bond acceptors (Lipinski definition) is 8. The van der Waals surface area contributed by atoms with Gasteiger partial charge in [-0.1, -0.05) is 29.1 Å². The lowest BCUT2D eigenvalue weighted by molar-refractivity contribution is -0.125. The van der Waals surface area contributed by atoms with Gasteiger partial charge in [-0.25, -0.2) is 0 Å². The number of carbonyl (C=O) groups is 2. The maximum atomic E-state index is 11.8. The summed E-state index contributed by atoms with van der Waals surface area (Å²) in [6.07, 6.45) is 0. The lowest BCUT2D eigenvalue weighted by Crippen LogP contribution is -2.44. The molecule has 2 aliphatic rings. The van der Waals surface area contributed by atoms with Gasteiger partial charge in [0, 0.05) is 25.2 Å². The fourth-order valence-electron chi connectivity index (χ4n) is 3.10. The molecular weight excluding hydrogens is 390 g/mol. The van der Waals surface area contributed by atoms with Crippen LogP contribution in [-0.2, 0) is 11.3 Å². The molecule has 0 spiro atoms. The molecule has 4 rings (SSSR count). The second-order valence-corrected chi connectivity index (χ2v) is 7.32. The Kier molecular flexibility index (Phi) is 6.15. The molecule has 1 aromatic heterocycles. The van der Waals surface area contributed by atoms with Gasteiger partial charge in [0.25, 0.3) is 11.1 Å². The van der Waals surface area contributed by atoms with Crippen LogP contribution in [0.1, 0.15) is 17.4 Å². The standard InChI is InChI=1S/C17H19N5O3S.ClH/c1-21-6-5-18-8-13(21)15-19-16(25-20-15)12-4-2-3-11(7-12)9-22-14(23)10-26-17(22)24;/h2-4,7,13,18H,5-6,8-10H2,1H3;1H. The molecule has 1 atom stereocenters. The van der Waals surface area contributed by atoms with E-state index in [0.29, 0.717) is 11.7 Å². The van der Waals surface area contributed by atoms with E-state index in [1.807, 2.05) is 31.3 Å². The van der Waals surface area contributed by atoms with Crippen LogP contribution in [0.5, 0.6) is 0 Å². The van der Waals surface area contributed by atoms with Crippen molar-refractivity contribution in [2.24, 2.45) is 0 Å². The van der Waals surface area contributed by atoms with E-state index in [1.165, 1.54) is 4.90 Å². The molecule has 1 unspecified atom stereocenters. The summed E-state index contributed by atoms with van der Waals surface area (Å²) in [5.41, 5.74) is 1.63. The first kappa shape index (κ1) is 19.8. The molecule has 144 valence electrons. The number of amides is 2. The summed E-state index contributed by atoms with van der Waals surface area (Å²) in [6.45, 7) is 2.92. The number of carbonyl (C=O) groups excluding carboxylic acids is 2. The van der Waals surface area contributed by atoms with Crippen molar-refractivity contribution in [3.8, 4) is 11.5 Å². The fourth-order valence-corrected chi connectivity index (χ4v) is 3.83. The predicted octanol–water partition coefficient (Wildman–Crippen LogP) is 1.93. The SMILES string of the molecule is CN1CCNCC1c1noc(-c2cccc(CN3C(=O)CSC3=O)c2)n1.Cl. The number of hydrogen-bond donors (Lipinski definition) is 1. The number of halogens is 1. The zero-order valence-corrected chi connectivity index (χ0v) is 16.4. The molecule has 10 heteroatoms. The van der Waals surface area contributed by atoms with E-state index < -0.39 is 0 Å².